The predicted octanol–water partition coefficient (Wildman–Crippen LogP) is 3.80. The van der Waals surface area contributed by atoms with Crippen molar-refractivity contribution in [2.45, 2.75) is 38.5 Å². The zero-order valence-corrected chi connectivity index (χ0v) is 18.7. The molecule has 1 saturated heterocycles. The molecule has 1 saturated carbocycles. The van der Waals surface area contributed by atoms with E-state index in [1.165, 1.54) is 36.1 Å². The van der Waals surface area contributed by atoms with Gasteiger partial charge in [-0.1, -0.05) is 62.6 Å². The van der Waals surface area contributed by atoms with E-state index in [-0.39, 0.29) is 18.5 Å². The van der Waals surface area contributed by atoms with E-state index in [1.54, 1.807) is 0 Å². The largest absolute Gasteiger partial charge is 0.369 e. The summed E-state index contributed by atoms with van der Waals surface area (Å²) in [7, 11) is 0. The zero-order chi connectivity index (χ0) is 21.6. The van der Waals surface area contributed by atoms with Gasteiger partial charge in [0.25, 0.3) is 0 Å². The molecule has 5 nitrogen and oxygen atoms in total. The van der Waals surface area contributed by atoms with E-state index in [9.17, 15) is 4.79 Å². The summed E-state index contributed by atoms with van der Waals surface area (Å²) in [5.41, 5.74) is 10.3. The maximum absolute atomic E-state index is 12.7. The molecule has 1 heterocycles. The molecule has 1 amide bonds. The smallest absolute Gasteiger partial charge is 0.228 e. The Hall–Kier alpha value is -2.37. The Bertz CT molecular complexity index is 854. The number of hydrogen-bond donors (Lipinski definition) is 2. The molecule has 3 N–H and O–H groups in total. The van der Waals surface area contributed by atoms with Gasteiger partial charge in [0, 0.05) is 31.9 Å². The highest BCUT2D eigenvalue weighted by atomic mass is 16.1. The molecule has 1 atom stereocenters. The topological polar surface area (TPSA) is 61.6 Å². The van der Waals surface area contributed by atoms with E-state index < -0.39 is 0 Å². The van der Waals surface area contributed by atoms with Crippen LogP contribution in [0.5, 0.6) is 0 Å². The number of nitrogens with one attached hydrogen (secondary N) is 1. The first-order valence-corrected chi connectivity index (χ1v) is 11.8. The van der Waals surface area contributed by atoms with Gasteiger partial charge in [-0.25, -0.2) is 0 Å². The number of hydrogen-bond acceptors (Lipinski definition) is 4. The van der Waals surface area contributed by atoms with Gasteiger partial charge in [-0.2, -0.15) is 0 Å². The second-order valence-corrected chi connectivity index (χ2v) is 8.92. The molecule has 2 aromatic rings. The highest BCUT2D eigenvalue weighted by molar-refractivity contribution is 5.84. The van der Waals surface area contributed by atoms with Crippen LogP contribution < -0.4 is 16.0 Å². The van der Waals surface area contributed by atoms with Crippen LogP contribution in [-0.4, -0.2) is 50.2 Å². The van der Waals surface area contributed by atoms with Crippen molar-refractivity contribution in [2.24, 2.45) is 11.7 Å². The fourth-order valence-corrected chi connectivity index (χ4v) is 4.80. The van der Waals surface area contributed by atoms with E-state index in [4.69, 9.17) is 5.73 Å². The quantitative estimate of drug-likeness (QED) is 0.638. The van der Waals surface area contributed by atoms with Crippen molar-refractivity contribution < 1.29 is 4.79 Å². The van der Waals surface area contributed by atoms with Gasteiger partial charge in [0.2, 0.25) is 5.91 Å². The molecule has 0 radical (unpaired) electrons. The third-order valence-electron chi connectivity index (χ3n) is 7.06. The standard InChI is InChI=1S/C26H36N4O/c1-2-29-13-15-30(16-14-29)24-11-9-21(10-12-24)22-7-4-8-23(18-22)25(26(31)28-19-27)17-20-5-3-6-20/h4,7-12,18,20,25H,2-3,5-6,13-17,19,27H2,1H3,(H,28,31). The molecule has 1 aliphatic heterocycles. The Labute approximate surface area is 186 Å². The number of piperazine rings is 1. The molecule has 0 bridgehead atoms. The van der Waals surface area contributed by atoms with Crippen molar-refractivity contribution in [1.82, 2.24) is 10.2 Å². The van der Waals surface area contributed by atoms with Crippen LogP contribution in [-0.2, 0) is 4.79 Å². The minimum absolute atomic E-state index is 0.0492. The normalized spacial score (nSPS) is 18.5. The SMILES string of the molecule is CCN1CCN(c2ccc(-c3cccc(C(CC4CCC4)C(=O)NCN)c3)cc2)CC1. The number of carbonyl (C=O) groups is 1. The van der Waals surface area contributed by atoms with Gasteiger partial charge in [0.05, 0.1) is 12.6 Å². The fraction of sp³-hybridized carbons (Fsp3) is 0.500. The summed E-state index contributed by atoms with van der Waals surface area (Å²) in [4.78, 5) is 17.7. The van der Waals surface area contributed by atoms with E-state index in [0.29, 0.717) is 5.92 Å². The highest BCUT2D eigenvalue weighted by Gasteiger charge is 2.28. The lowest BCUT2D eigenvalue weighted by atomic mass is 9.76. The molecule has 31 heavy (non-hydrogen) atoms. The Kier molecular flexibility index (Phi) is 7.25. The fourth-order valence-electron chi connectivity index (χ4n) is 4.80. The number of likely N-dealkylation sites (N-methyl/N-ethyl adjacent to an activating group) is 1. The summed E-state index contributed by atoms with van der Waals surface area (Å²) < 4.78 is 0. The van der Waals surface area contributed by atoms with Crippen molar-refractivity contribution >= 4 is 11.6 Å². The second kappa shape index (κ2) is 10.3. The Morgan fingerprint density at radius 2 is 1.81 bits per heavy atom. The number of rotatable bonds is 8. The molecule has 2 aromatic carbocycles. The van der Waals surface area contributed by atoms with Crippen molar-refractivity contribution in [3.63, 3.8) is 0 Å². The third-order valence-corrected chi connectivity index (χ3v) is 7.06. The minimum Gasteiger partial charge on any atom is -0.369 e. The molecular weight excluding hydrogens is 384 g/mol. The van der Waals surface area contributed by atoms with Crippen LogP contribution in [0.4, 0.5) is 5.69 Å². The molecule has 0 spiro atoms. The number of anilines is 1. The summed E-state index contributed by atoms with van der Waals surface area (Å²) >= 11 is 0. The van der Waals surface area contributed by atoms with E-state index in [1.807, 2.05) is 0 Å². The monoisotopic (exact) mass is 420 g/mol. The van der Waals surface area contributed by atoms with Gasteiger partial charge in [-0.3, -0.25) is 4.79 Å². The van der Waals surface area contributed by atoms with Gasteiger partial charge in [-0.05, 0) is 47.7 Å². The lowest BCUT2D eigenvalue weighted by Crippen LogP contribution is -2.46. The first-order chi connectivity index (χ1) is 15.2. The Morgan fingerprint density at radius 3 is 2.42 bits per heavy atom. The van der Waals surface area contributed by atoms with Gasteiger partial charge in [0.15, 0.2) is 0 Å². The summed E-state index contributed by atoms with van der Waals surface area (Å²) in [5, 5.41) is 2.84. The molecule has 166 valence electrons. The van der Waals surface area contributed by atoms with Crippen LogP contribution in [0.2, 0.25) is 0 Å². The minimum atomic E-state index is -0.122. The first-order valence-electron chi connectivity index (χ1n) is 11.8. The van der Waals surface area contributed by atoms with Crippen molar-refractivity contribution in [3.05, 3.63) is 54.1 Å². The Morgan fingerprint density at radius 1 is 1.06 bits per heavy atom. The predicted molar refractivity (Wildman–Crippen MR) is 128 cm³/mol. The summed E-state index contributed by atoms with van der Waals surface area (Å²) in [5.74, 6) is 0.584. The summed E-state index contributed by atoms with van der Waals surface area (Å²) in [6.07, 6.45) is 4.67. The van der Waals surface area contributed by atoms with Crippen LogP contribution in [0, 0.1) is 5.92 Å². The molecule has 1 unspecified atom stereocenters. The first kappa shape index (κ1) is 21.8. The lowest BCUT2D eigenvalue weighted by molar-refractivity contribution is -0.123. The molecule has 2 fully saturated rings. The van der Waals surface area contributed by atoms with Crippen molar-refractivity contribution in [3.8, 4) is 11.1 Å². The maximum atomic E-state index is 12.7. The number of benzene rings is 2. The number of amides is 1. The van der Waals surface area contributed by atoms with Crippen LogP contribution in [0.25, 0.3) is 11.1 Å². The summed E-state index contributed by atoms with van der Waals surface area (Å²) in [6.45, 7) is 7.99. The maximum Gasteiger partial charge on any atom is 0.228 e. The average Bonchev–Trinajstić information content (AvgIpc) is 2.79. The zero-order valence-electron chi connectivity index (χ0n) is 18.7. The highest BCUT2D eigenvalue weighted by Crippen LogP contribution is 2.37. The Balaban J connectivity index is 1.49. The molecule has 0 aromatic heterocycles. The van der Waals surface area contributed by atoms with Gasteiger partial charge in [-0.15, -0.1) is 0 Å². The lowest BCUT2D eigenvalue weighted by Gasteiger charge is -2.35. The van der Waals surface area contributed by atoms with Crippen LogP contribution >= 0.6 is 0 Å². The van der Waals surface area contributed by atoms with Crippen molar-refractivity contribution in [2.75, 3.05) is 44.3 Å². The third kappa shape index (κ3) is 5.28. The van der Waals surface area contributed by atoms with Gasteiger partial charge < -0.3 is 20.9 Å². The van der Waals surface area contributed by atoms with Crippen LogP contribution in [0.15, 0.2) is 48.5 Å². The number of carbonyl (C=O) groups excluding carboxylic acids is 1. The van der Waals surface area contributed by atoms with Crippen LogP contribution in [0.1, 0.15) is 44.1 Å². The molecule has 4 rings (SSSR count). The van der Waals surface area contributed by atoms with E-state index in [2.05, 4.69) is 70.6 Å². The second-order valence-electron chi connectivity index (χ2n) is 8.92. The molecule has 5 heteroatoms. The number of nitrogens with two attached hydrogens (primary N) is 1. The van der Waals surface area contributed by atoms with Gasteiger partial charge in [0.1, 0.15) is 0 Å². The molecule has 1 aliphatic carbocycles. The van der Waals surface area contributed by atoms with E-state index >= 15 is 0 Å². The molecule has 2 aliphatic rings. The van der Waals surface area contributed by atoms with Crippen molar-refractivity contribution in [1.29, 1.82) is 0 Å². The van der Waals surface area contributed by atoms with Gasteiger partial charge >= 0.3 is 0 Å². The summed E-state index contributed by atoms with van der Waals surface area (Å²) in [6, 6.07) is 17.4. The molecular formula is C26H36N4O. The van der Waals surface area contributed by atoms with Crippen LogP contribution in [0.3, 0.4) is 0 Å². The van der Waals surface area contributed by atoms with E-state index in [0.717, 1.165) is 44.7 Å². The number of nitrogens with zero attached hydrogens (tertiary/aromatic N) is 2. The average molecular weight is 421 g/mol.